The number of nitrogens with zero attached hydrogens (tertiary/aromatic N) is 3. The van der Waals surface area contributed by atoms with Crippen LogP contribution in [0.2, 0.25) is 0 Å². The third kappa shape index (κ3) is 3.69. The van der Waals surface area contributed by atoms with E-state index in [4.69, 9.17) is 5.26 Å². The van der Waals surface area contributed by atoms with Crippen LogP contribution in [0.5, 0.6) is 0 Å². The van der Waals surface area contributed by atoms with Gasteiger partial charge in [-0.1, -0.05) is 6.07 Å². The highest BCUT2D eigenvalue weighted by atomic mass is 32.2. The Morgan fingerprint density at radius 1 is 1.39 bits per heavy atom. The summed E-state index contributed by atoms with van der Waals surface area (Å²) < 4.78 is 14.0. The first-order chi connectivity index (χ1) is 11.2. The van der Waals surface area contributed by atoms with E-state index in [-0.39, 0.29) is 11.2 Å². The molecule has 1 N–H and O–H groups in total. The number of rotatable bonds is 4. The van der Waals surface area contributed by atoms with Gasteiger partial charge >= 0.3 is 0 Å². The molecule has 1 atom stereocenters. The van der Waals surface area contributed by atoms with Gasteiger partial charge in [0.15, 0.2) is 0 Å². The van der Waals surface area contributed by atoms with E-state index in [1.54, 1.807) is 23.9 Å². The van der Waals surface area contributed by atoms with Gasteiger partial charge in [-0.25, -0.2) is 9.40 Å². The van der Waals surface area contributed by atoms with Crippen LogP contribution in [-0.2, 0) is 5.75 Å². The van der Waals surface area contributed by atoms with Crippen LogP contribution in [0, 0.1) is 17.1 Å². The zero-order valence-corrected chi connectivity index (χ0v) is 14.0. The topological polar surface area (TPSA) is 42.3 Å². The molecule has 6 heteroatoms. The van der Waals surface area contributed by atoms with E-state index in [0.29, 0.717) is 22.9 Å². The molecule has 0 spiro atoms. The predicted octanol–water partition coefficient (Wildman–Crippen LogP) is 2.68. The lowest BCUT2D eigenvalue weighted by Crippen LogP contribution is -2.47. The van der Waals surface area contributed by atoms with Crippen molar-refractivity contribution >= 4 is 11.8 Å². The van der Waals surface area contributed by atoms with Crippen molar-refractivity contribution in [3.8, 4) is 6.07 Å². The van der Waals surface area contributed by atoms with Crippen molar-refractivity contribution in [3.63, 3.8) is 0 Å². The Morgan fingerprint density at radius 3 is 2.87 bits per heavy atom. The highest BCUT2D eigenvalue weighted by Gasteiger charge is 2.29. The number of benzene rings is 1. The first-order valence-electron chi connectivity index (χ1n) is 7.89. The highest BCUT2D eigenvalue weighted by molar-refractivity contribution is 7.99. The van der Waals surface area contributed by atoms with Gasteiger partial charge in [-0.3, -0.25) is 0 Å². The van der Waals surface area contributed by atoms with E-state index in [0.717, 1.165) is 25.9 Å². The van der Waals surface area contributed by atoms with Crippen LogP contribution in [0.3, 0.4) is 0 Å². The number of hydrazine groups is 1. The first-order valence-corrected chi connectivity index (χ1v) is 8.94. The van der Waals surface area contributed by atoms with Gasteiger partial charge in [0.1, 0.15) is 5.82 Å². The molecule has 4 nitrogen and oxygen atoms in total. The number of thioether (sulfide) groups is 1. The molecule has 1 aromatic carbocycles. The van der Waals surface area contributed by atoms with Crippen LogP contribution in [-0.4, -0.2) is 41.6 Å². The zero-order valence-electron chi connectivity index (χ0n) is 13.2. The minimum Gasteiger partial charge on any atom is -0.317 e. The molecule has 1 saturated heterocycles. The molecule has 1 unspecified atom stereocenters. The van der Waals surface area contributed by atoms with Crippen molar-refractivity contribution in [3.05, 3.63) is 47.4 Å². The average molecular weight is 332 g/mol. The van der Waals surface area contributed by atoms with Gasteiger partial charge in [0, 0.05) is 25.0 Å². The number of nitrogens with one attached hydrogen (secondary N) is 1. The number of likely N-dealkylation sites (N-methyl/N-ethyl adjacent to an activating group) is 1. The average Bonchev–Trinajstić information content (AvgIpc) is 2.95. The number of hydrogen-bond donors (Lipinski definition) is 1. The highest BCUT2D eigenvalue weighted by Crippen LogP contribution is 2.30. The summed E-state index contributed by atoms with van der Waals surface area (Å²) in [5.74, 6) is 0.299. The Kier molecular flexibility index (Phi) is 5.21. The Bertz CT molecular complexity index is 622. The fraction of sp³-hybridized carbons (Fsp3) is 0.471. The molecule has 0 radical (unpaired) electrons. The fourth-order valence-electron chi connectivity index (χ4n) is 3.05. The van der Waals surface area contributed by atoms with E-state index >= 15 is 0 Å². The lowest BCUT2D eigenvalue weighted by molar-refractivity contribution is 0.0164. The maximum absolute atomic E-state index is 14.0. The van der Waals surface area contributed by atoms with Crippen molar-refractivity contribution in [1.29, 1.82) is 5.26 Å². The van der Waals surface area contributed by atoms with Crippen LogP contribution < -0.4 is 5.32 Å². The van der Waals surface area contributed by atoms with Crippen LogP contribution in [0.4, 0.5) is 4.39 Å². The molecule has 2 aliphatic rings. The largest absolute Gasteiger partial charge is 0.317 e. The fourth-order valence-corrected chi connectivity index (χ4v) is 4.14. The molecule has 2 aliphatic heterocycles. The summed E-state index contributed by atoms with van der Waals surface area (Å²) in [6.45, 7) is 2.13. The Hall–Kier alpha value is -1.55. The summed E-state index contributed by atoms with van der Waals surface area (Å²) >= 11 is 1.70. The van der Waals surface area contributed by atoms with Crippen molar-refractivity contribution in [1.82, 2.24) is 15.3 Å². The Labute approximate surface area is 140 Å². The van der Waals surface area contributed by atoms with Gasteiger partial charge in [0.25, 0.3) is 0 Å². The Balaban J connectivity index is 1.57. The van der Waals surface area contributed by atoms with Gasteiger partial charge in [0.05, 0.1) is 17.0 Å². The smallest absolute Gasteiger partial charge is 0.128 e. The van der Waals surface area contributed by atoms with Crippen LogP contribution in [0.25, 0.3) is 0 Å². The number of hydrogen-bond acceptors (Lipinski definition) is 5. The van der Waals surface area contributed by atoms with E-state index in [9.17, 15) is 4.39 Å². The van der Waals surface area contributed by atoms with E-state index < -0.39 is 0 Å². The second-order valence-corrected chi connectivity index (χ2v) is 7.00. The summed E-state index contributed by atoms with van der Waals surface area (Å²) in [5, 5.41) is 17.0. The van der Waals surface area contributed by atoms with Gasteiger partial charge in [-0.15, -0.1) is 11.8 Å². The van der Waals surface area contributed by atoms with E-state index in [1.165, 1.54) is 6.07 Å². The summed E-state index contributed by atoms with van der Waals surface area (Å²) in [6.07, 6.45) is 6.63. The maximum Gasteiger partial charge on any atom is 0.128 e. The molecule has 3 rings (SSSR count). The van der Waals surface area contributed by atoms with E-state index in [2.05, 4.69) is 34.7 Å². The van der Waals surface area contributed by atoms with Crippen LogP contribution in [0.15, 0.2) is 30.5 Å². The number of nitriles is 1. The molecule has 2 heterocycles. The monoisotopic (exact) mass is 332 g/mol. The molecule has 1 fully saturated rings. The molecule has 0 aliphatic carbocycles. The molecule has 0 saturated carbocycles. The normalized spacial score (nSPS) is 22.5. The zero-order chi connectivity index (χ0) is 16.2. The SMILES string of the molecule is CN1C(SCc2ccc(C#N)cc2F)C=CN1C1CCNCC1. The summed E-state index contributed by atoms with van der Waals surface area (Å²) in [4.78, 5) is 0. The van der Waals surface area contributed by atoms with Crippen LogP contribution in [0.1, 0.15) is 24.0 Å². The standard InChI is InChI=1S/C17H21FN4S/c1-21-17(6-9-22(21)15-4-7-20-8-5-15)23-12-14-3-2-13(11-19)10-16(14)18/h2-3,6,9-10,15,17,20H,4-5,7-8,12H2,1H3. The predicted molar refractivity (Wildman–Crippen MR) is 90.8 cm³/mol. The number of piperidine rings is 1. The minimum absolute atomic E-state index is 0.222. The lowest BCUT2D eigenvalue weighted by Gasteiger charge is -2.38. The van der Waals surface area contributed by atoms with Crippen molar-refractivity contribution in [2.24, 2.45) is 0 Å². The van der Waals surface area contributed by atoms with Crippen LogP contribution >= 0.6 is 11.8 Å². The third-order valence-electron chi connectivity index (χ3n) is 4.41. The summed E-state index contributed by atoms with van der Waals surface area (Å²) in [6, 6.07) is 7.21. The summed E-state index contributed by atoms with van der Waals surface area (Å²) in [5.41, 5.74) is 1.02. The molecular weight excluding hydrogens is 311 g/mol. The maximum atomic E-state index is 14.0. The quantitative estimate of drug-likeness (QED) is 0.918. The second-order valence-electron chi connectivity index (χ2n) is 5.90. The lowest BCUT2D eigenvalue weighted by atomic mass is 10.1. The van der Waals surface area contributed by atoms with Crippen molar-refractivity contribution in [2.45, 2.75) is 30.0 Å². The molecule has 0 bridgehead atoms. The summed E-state index contributed by atoms with van der Waals surface area (Å²) in [7, 11) is 2.09. The van der Waals surface area contributed by atoms with Gasteiger partial charge in [-0.2, -0.15) is 5.26 Å². The Morgan fingerprint density at radius 2 is 2.17 bits per heavy atom. The molecular formula is C17H21FN4S. The van der Waals surface area contributed by atoms with Crippen molar-refractivity contribution in [2.75, 3.05) is 20.1 Å². The van der Waals surface area contributed by atoms with Gasteiger partial charge < -0.3 is 10.3 Å². The molecule has 122 valence electrons. The first kappa shape index (κ1) is 16.3. The molecule has 0 aromatic heterocycles. The third-order valence-corrected chi connectivity index (χ3v) is 5.69. The number of halogens is 1. The molecule has 1 aromatic rings. The molecule has 23 heavy (non-hydrogen) atoms. The molecule has 0 amide bonds. The van der Waals surface area contributed by atoms with Crippen molar-refractivity contribution < 1.29 is 4.39 Å². The van der Waals surface area contributed by atoms with Gasteiger partial charge in [0.2, 0.25) is 0 Å². The van der Waals surface area contributed by atoms with E-state index in [1.807, 2.05) is 6.07 Å². The minimum atomic E-state index is -0.295. The van der Waals surface area contributed by atoms with Gasteiger partial charge in [-0.05, 0) is 49.7 Å². The second kappa shape index (κ2) is 7.35.